The van der Waals surface area contributed by atoms with Crippen molar-refractivity contribution in [2.24, 2.45) is 0 Å². The van der Waals surface area contributed by atoms with Crippen LogP contribution in [0.15, 0.2) is 29.2 Å². The van der Waals surface area contributed by atoms with E-state index in [9.17, 15) is 33.3 Å². The molecule has 16 heteroatoms. The largest absolute Gasteiger partial charge is 0.444 e. The number of piperazine rings is 1. The second-order valence-corrected chi connectivity index (χ2v) is 13.7. The molecule has 0 aliphatic carbocycles. The summed E-state index contributed by atoms with van der Waals surface area (Å²) < 4.78 is 49.0. The van der Waals surface area contributed by atoms with Gasteiger partial charge in [-0.1, -0.05) is 26.0 Å². The maximum absolute atomic E-state index is 14.2. The maximum Gasteiger partial charge on any atom is 0.418 e. The molecule has 0 saturated carbocycles. The summed E-state index contributed by atoms with van der Waals surface area (Å²) in [6.07, 6.45) is -3.77. The van der Waals surface area contributed by atoms with Crippen LogP contribution in [-0.2, 0) is 10.9 Å². The Balaban J connectivity index is 1.64. The van der Waals surface area contributed by atoms with Gasteiger partial charge in [0.05, 0.1) is 59.4 Å². The first-order valence-corrected chi connectivity index (χ1v) is 16.5. The van der Waals surface area contributed by atoms with Crippen molar-refractivity contribution in [2.45, 2.75) is 77.7 Å². The zero-order chi connectivity index (χ0) is 36.6. The van der Waals surface area contributed by atoms with Crippen LogP contribution >= 0.6 is 0 Å². The molecule has 2 saturated heterocycles. The van der Waals surface area contributed by atoms with Gasteiger partial charge < -0.3 is 19.4 Å². The van der Waals surface area contributed by atoms with Crippen LogP contribution in [0.5, 0.6) is 0 Å². The number of hydrogen-bond acceptors (Lipinski definition) is 11. The van der Waals surface area contributed by atoms with E-state index < -0.39 is 46.3 Å². The molecular weight excluding hydrogens is 653 g/mol. The Morgan fingerprint density at radius 3 is 2.38 bits per heavy atom. The number of fused-ring (bicyclic) bond motifs is 1. The first-order chi connectivity index (χ1) is 23.6. The van der Waals surface area contributed by atoms with E-state index in [0.717, 1.165) is 0 Å². The molecule has 2 aliphatic rings. The van der Waals surface area contributed by atoms with Crippen molar-refractivity contribution in [3.63, 3.8) is 0 Å². The number of ether oxygens (including phenoxy) is 1. The van der Waals surface area contributed by atoms with E-state index in [-0.39, 0.29) is 54.9 Å². The first-order valence-electron chi connectivity index (χ1n) is 16.5. The minimum atomic E-state index is -4.76. The molecule has 1 unspecified atom stereocenters. The maximum atomic E-state index is 14.2. The minimum absolute atomic E-state index is 0.00305. The molecule has 5 rings (SSSR count). The highest BCUT2D eigenvalue weighted by atomic mass is 19.4. The van der Waals surface area contributed by atoms with Gasteiger partial charge in [0.25, 0.3) is 5.56 Å². The van der Waals surface area contributed by atoms with Crippen LogP contribution in [0.4, 0.5) is 29.7 Å². The molecule has 2 aliphatic heterocycles. The van der Waals surface area contributed by atoms with Crippen LogP contribution in [0.2, 0.25) is 0 Å². The topological polar surface area (TPSA) is 148 Å². The standard InChI is InChI=1S/C34H41F3N10O3/c1-7-45(8-2)33(13-15-39)20-44(21-33)30-41-27-24(18-40-47(29(27)48)25-11-9-10-22(3)26(25)34(35,36)37)28(42-30)43-16-17-46(23(19-43)12-14-38)31(49)50-32(4,5)6/h9-11,18,23H,7-8,12-13,16-17,19-21H2,1-6H3. The van der Waals surface area contributed by atoms with E-state index in [2.05, 4.69) is 27.1 Å². The number of aromatic nitrogens is 4. The average Bonchev–Trinajstić information content (AvgIpc) is 3.02. The third-order valence-corrected chi connectivity index (χ3v) is 9.21. The summed E-state index contributed by atoms with van der Waals surface area (Å²) in [6, 6.07) is 7.78. The van der Waals surface area contributed by atoms with Crippen LogP contribution in [0.3, 0.4) is 0 Å². The lowest BCUT2D eigenvalue weighted by molar-refractivity contribution is -0.138. The van der Waals surface area contributed by atoms with Gasteiger partial charge in [0.15, 0.2) is 0 Å². The molecule has 2 aromatic heterocycles. The lowest BCUT2D eigenvalue weighted by Gasteiger charge is -2.54. The van der Waals surface area contributed by atoms with E-state index in [1.165, 1.54) is 36.2 Å². The fraction of sp³-hybridized carbons (Fsp3) is 0.559. The molecule has 2 fully saturated rings. The highest BCUT2D eigenvalue weighted by Gasteiger charge is 2.48. The smallest absolute Gasteiger partial charge is 0.418 e. The average molecular weight is 695 g/mol. The number of carbonyl (C=O) groups excluding carboxylic acids is 1. The number of nitrogens with zero attached hydrogens (tertiary/aromatic N) is 10. The second-order valence-electron chi connectivity index (χ2n) is 13.7. The molecule has 0 N–H and O–H groups in total. The molecule has 1 atom stereocenters. The molecule has 1 amide bonds. The Hall–Kier alpha value is -4.96. The third kappa shape index (κ3) is 6.89. The number of halogens is 3. The summed E-state index contributed by atoms with van der Waals surface area (Å²) in [5.74, 6) is 0.476. The van der Waals surface area contributed by atoms with Gasteiger partial charge in [-0.25, -0.2) is 9.78 Å². The van der Waals surface area contributed by atoms with Gasteiger partial charge in [0, 0.05) is 32.7 Å². The van der Waals surface area contributed by atoms with E-state index in [1.54, 1.807) is 20.8 Å². The number of hydrogen-bond donors (Lipinski definition) is 0. The third-order valence-electron chi connectivity index (χ3n) is 9.21. The summed E-state index contributed by atoms with van der Waals surface area (Å²) in [6.45, 7) is 13.4. The highest BCUT2D eigenvalue weighted by Crippen LogP contribution is 2.38. The number of carbonyl (C=O) groups is 1. The van der Waals surface area contributed by atoms with Gasteiger partial charge in [-0.15, -0.1) is 0 Å². The van der Waals surface area contributed by atoms with E-state index >= 15 is 0 Å². The number of rotatable bonds is 8. The summed E-state index contributed by atoms with van der Waals surface area (Å²) in [4.78, 5) is 44.1. The number of aryl methyl sites for hydroxylation is 1. The molecule has 0 radical (unpaired) electrons. The van der Waals surface area contributed by atoms with E-state index in [1.807, 2.05) is 23.6 Å². The summed E-state index contributed by atoms with van der Waals surface area (Å²) in [5, 5.41) is 23.7. The zero-order valence-corrected chi connectivity index (χ0v) is 29.1. The van der Waals surface area contributed by atoms with Crippen molar-refractivity contribution in [1.82, 2.24) is 29.5 Å². The fourth-order valence-corrected chi connectivity index (χ4v) is 6.91. The lowest BCUT2D eigenvalue weighted by Crippen LogP contribution is -2.70. The summed E-state index contributed by atoms with van der Waals surface area (Å²) >= 11 is 0. The van der Waals surface area contributed by atoms with Gasteiger partial charge in [-0.05, 0) is 52.4 Å². The molecule has 50 heavy (non-hydrogen) atoms. The Bertz CT molecular complexity index is 1900. The van der Waals surface area contributed by atoms with Crippen molar-refractivity contribution < 1.29 is 22.7 Å². The molecule has 13 nitrogen and oxygen atoms in total. The SMILES string of the molecule is CCN(CC)C1(CC#N)CN(c2nc(N3CCN(C(=O)OC(C)(C)C)C(CC#N)C3)c3cnn(-c4cccc(C)c4C(F)(F)F)c(=O)c3n2)C1. The molecule has 266 valence electrons. The second kappa shape index (κ2) is 13.7. The zero-order valence-electron chi connectivity index (χ0n) is 29.1. The normalized spacial score (nSPS) is 17.8. The Morgan fingerprint density at radius 2 is 1.78 bits per heavy atom. The molecule has 4 heterocycles. The predicted molar refractivity (Wildman–Crippen MR) is 180 cm³/mol. The highest BCUT2D eigenvalue weighted by molar-refractivity contribution is 5.90. The number of amides is 1. The number of nitriles is 2. The fourth-order valence-electron chi connectivity index (χ4n) is 6.91. The van der Waals surface area contributed by atoms with Crippen LogP contribution in [0.25, 0.3) is 16.6 Å². The van der Waals surface area contributed by atoms with Crippen molar-refractivity contribution in [2.75, 3.05) is 55.6 Å². The van der Waals surface area contributed by atoms with Gasteiger partial charge in [-0.2, -0.15) is 38.5 Å². The Kier molecular flexibility index (Phi) is 9.99. The summed E-state index contributed by atoms with van der Waals surface area (Å²) in [7, 11) is 0. The summed E-state index contributed by atoms with van der Waals surface area (Å²) in [5.41, 5.74) is -3.69. The predicted octanol–water partition coefficient (Wildman–Crippen LogP) is 4.66. The van der Waals surface area contributed by atoms with Crippen LogP contribution < -0.4 is 15.4 Å². The molecule has 3 aromatic rings. The lowest BCUT2D eigenvalue weighted by atomic mass is 9.85. The van der Waals surface area contributed by atoms with Crippen LogP contribution in [0.1, 0.15) is 58.6 Å². The number of likely N-dealkylation sites (N-methyl/N-ethyl adjacent to an activating group) is 1. The number of anilines is 2. The first kappa shape index (κ1) is 36.3. The molecule has 1 aromatic carbocycles. The molecule has 0 bridgehead atoms. The van der Waals surface area contributed by atoms with Crippen LogP contribution in [0, 0.1) is 29.6 Å². The van der Waals surface area contributed by atoms with Gasteiger partial charge >= 0.3 is 12.3 Å². The van der Waals surface area contributed by atoms with E-state index in [0.29, 0.717) is 36.7 Å². The number of benzene rings is 1. The minimum Gasteiger partial charge on any atom is -0.444 e. The van der Waals surface area contributed by atoms with Gasteiger partial charge in [0.2, 0.25) is 5.95 Å². The Morgan fingerprint density at radius 1 is 1.08 bits per heavy atom. The molecule has 0 spiro atoms. The molecular formula is C34H41F3N10O3. The van der Waals surface area contributed by atoms with Crippen LogP contribution in [-0.4, -0.2) is 98.6 Å². The van der Waals surface area contributed by atoms with Crippen molar-refractivity contribution in [3.05, 3.63) is 45.9 Å². The van der Waals surface area contributed by atoms with Crippen molar-refractivity contribution in [1.29, 1.82) is 10.5 Å². The quantitative estimate of drug-likeness (QED) is 0.324. The van der Waals surface area contributed by atoms with Gasteiger partial charge in [-0.3, -0.25) is 9.69 Å². The monoisotopic (exact) mass is 694 g/mol. The number of alkyl halides is 3. The van der Waals surface area contributed by atoms with E-state index in [4.69, 9.17) is 9.72 Å². The van der Waals surface area contributed by atoms with Crippen molar-refractivity contribution in [3.8, 4) is 17.8 Å². The van der Waals surface area contributed by atoms with Gasteiger partial charge in [0.1, 0.15) is 16.9 Å². The van der Waals surface area contributed by atoms with Crippen molar-refractivity contribution >= 4 is 28.8 Å². The Labute approximate surface area is 288 Å².